The monoisotopic (exact) mass is 260 g/mol. The minimum Gasteiger partial charge on any atom is -0.393 e. The molecule has 1 aromatic rings. The summed E-state index contributed by atoms with van der Waals surface area (Å²) in [6.45, 7) is 2.23. The Kier molecular flexibility index (Phi) is 5.05. The van der Waals surface area contributed by atoms with Crippen LogP contribution in [0.15, 0.2) is 6.20 Å². The molecule has 0 fully saturated rings. The SMILES string of the molecule is CCC(O)CCNc1nc(Cl)ncc1[N+](=O)[O-]. The van der Waals surface area contributed by atoms with Crippen LogP contribution in [0.1, 0.15) is 19.8 Å². The zero-order valence-electron chi connectivity index (χ0n) is 9.26. The predicted molar refractivity (Wildman–Crippen MR) is 63.1 cm³/mol. The Balaban J connectivity index is 2.68. The van der Waals surface area contributed by atoms with Crippen molar-refractivity contribution in [3.63, 3.8) is 0 Å². The average Bonchev–Trinajstić information content (AvgIpc) is 2.28. The van der Waals surface area contributed by atoms with Gasteiger partial charge in [-0.2, -0.15) is 4.98 Å². The lowest BCUT2D eigenvalue weighted by molar-refractivity contribution is -0.384. The normalized spacial score (nSPS) is 12.2. The Bertz CT molecular complexity index is 402. The minimum atomic E-state index is -0.588. The van der Waals surface area contributed by atoms with Crippen LogP contribution >= 0.6 is 11.6 Å². The highest BCUT2D eigenvalue weighted by atomic mass is 35.5. The van der Waals surface area contributed by atoms with Crippen molar-refractivity contribution < 1.29 is 10.0 Å². The van der Waals surface area contributed by atoms with E-state index >= 15 is 0 Å². The molecule has 7 nitrogen and oxygen atoms in total. The quantitative estimate of drug-likeness (QED) is 0.458. The second-order valence-corrected chi connectivity index (χ2v) is 3.75. The van der Waals surface area contributed by atoms with Gasteiger partial charge in [-0.3, -0.25) is 10.1 Å². The lowest BCUT2D eigenvalue weighted by Gasteiger charge is -2.09. The molecule has 0 saturated carbocycles. The molecule has 0 aliphatic rings. The standard InChI is InChI=1S/C9H13ClN4O3/c1-2-6(15)3-4-11-8-7(14(16)17)5-12-9(10)13-8/h5-6,15H,2-4H2,1H3,(H,11,12,13). The van der Waals surface area contributed by atoms with Crippen LogP contribution in [0.4, 0.5) is 11.5 Å². The van der Waals surface area contributed by atoms with Gasteiger partial charge >= 0.3 is 5.69 Å². The number of anilines is 1. The topological polar surface area (TPSA) is 101 Å². The lowest BCUT2D eigenvalue weighted by Crippen LogP contribution is -2.14. The highest BCUT2D eigenvalue weighted by molar-refractivity contribution is 6.28. The highest BCUT2D eigenvalue weighted by Crippen LogP contribution is 2.21. The van der Waals surface area contributed by atoms with Crippen molar-refractivity contribution in [1.82, 2.24) is 9.97 Å². The second kappa shape index (κ2) is 6.31. The van der Waals surface area contributed by atoms with Crippen molar-refractivity contribution in [1.29, 1.82) is 0 Å². The number of aromatic nitrogens is 2. The van der Waals surface area contributed by atoms with Gasteiger partial charge in [-0.05, 0) is 24.4 Å². The number of hydrogen-bond acceptors (Lipinski definition) is 6. The van der Waals surface area contributed by atoms with Crippen molar-refractivity contribution in [2.75, 3.05) is 11.9 Å². The Hall–Kier alpha value is -1.47. The molecular weight excluding hydrogens is 248 g/mol. The summed E-state index contributed by atoms with van der Waals surface area (Å²) in [5.74, 6) is 0.0679. The van der Waals surface area contributed by atoms with E-state index in [1.54, 1.807) is 0 Å². The van der Waals surface area contributed by atoms with E-state index in [2.05, 4.69) is 15.3 Å². The molecule has 8 heteroatoms. The zero-order chi connectivity index (χ0) is 12.8. The Morgan fingerprint density at radius 2 is 2.41 bits per heavy atom. The minimum absolute atomic E-state index is 0.0610. The largest absolute Gasteiger partial charge is 0.393 e. The molecule has 0 saturated heterocycles. The van der Waals surface area contributed by atoms with Crippen molar-refractivity contribution in [2.45, 2.75) is 25.9 Å². The summed E-state index contributed by atoms with van der Waals surface area (Å²) >= 11 is 5.56. The molecule has 1 rings (SSSR count). The summed E-state index contributed by atoms with van der Waals surface area (Å²) < 4.78 is 0. The maximum absolute atomic E-state index is 10.7. The molecule has 1 unspecified atom stereocenters. The zero-order valence-corrected chi connectivity index (χ0v) is 10.0. The van der Waals surface area contributed by atoms with Crippen molar-refractivity contribution >= 4 is 23.1 Å². The first-order chi connectivity index (χ1) is 8.04. The van der Waals surface area contributed by atoms with Crippen LogP contribution in [0.3, 0.4) is 0 Å². The van der Waals surface area contributed by atoms with Gasteiger partial charge in [0.25, 0.3) is 0 Å². The Morgan fingerprint density at radius 1 is 1.71 bits per heavy atom. The molecule has 0 spiro atoms. The van der Waals surface area contributed by atoms with E-state index < -0.39 is 11.0 Å². The first-order valence-corrected chi connectivity index (χ1v) is 5.51. The molecule has 0 radical (unpaired) electrons. The fourth-order valence-electron chi connectivity index (χ4n) is 1.18. The predicted octanol–water partition coefficient (Wildman–Crippen LogP) is 1.61. The van der Waals surface area contributed by atoms with Gasteiger partial charge in [-0.25, -0.2) is 4.98 Å². The number of aliphatic hydroxyl groups excluding tert-OH is 1. The number of rotatable bonds is 6. The lowest BCUT2D eigenvalue weighted by atomic mass is 10.2. The van der Waals surface area contributed by atoms with E-state index in [-0.39, 0.29) is 16.8 Å². The van der Waals surface area contributed by atoms with Gasteiger partial charge in [0.1, 0.15) is 6.20 Å². The van der Waals surface area contributed by atoms with Crippen molar-refractivity contribution in [2.24, 2.45) is 0 Å². The van der Waals surface area contributed by atoms with Gasteiger partial charge in [-0.1, -0.05) is 6.92 Å². The molecule has 0 amide bonds. The van der Waals surface area contributed by atoms with Gasteiger partial charge in [0, 0.05) is 6.54 Å². The molecule has 0 bridgehead atoms. The molecule has 1 aromatic heterocycles. The molecule has 0 aliphatic carbocycles. The van der Waals surface area contributed by atoms with Crippen molar-refractivity contribution in [3.05, 3.63) is 21.6 Å². The third kappa shape index (κ3) is 4.12. The maximum Gasteiger partial charge on any atom is 0.329 e. The summed E-state index contributed by atoms with van der Waals surface area (Å²) in [6, 6.07) is 0. The summed E-state index contributed by atoms with van der Waals surface area (Å²) in [4.78, 5) is 17.4. The van der Waals surface area contributed by atoms with Gasteiger partial charge in [0.05, 0.1) is 11.0 Å². The van der Waals surface area contributed by atoms with Gasteiger partial charge in [0.15, 0.2) is 0 Å². The second-order valence-electron chi connectivity index (χ2n) is 3.41. The molecular formula is C9H13ClN4O3. The molecule has 0 aromatic carbocycles. The molecule has 0 aliphatic heterocycles. The number of aliphatic hydroxyl groups is 1. The third-order valence-corrected chi connectivity index (χ3v) is 2.36. The van der Waals surface area contributed by atoms with Crippen LogP contribution in [-0.4, -0.2) is 32.6 Å². The summed E-state index contributed by atoms with van der Waals surface area (Å²) in [5.41, 5.74) is -0.236. The molecule has 2 N–H and O–H groups in total. The number of nitrogens with one attached hydrogen (secondary N) is 1. The summed E-state index contributed by atoms with van der Waals surface area (Å²) in [6.07, 6.45) is 1.73. The van der Waals surface area contributed by atoms with E-state index in [1.165, 1.54) is 0 Å². The average molecular weight is 261 g/mol. The van der Waals surface area contributed by atoms with Crippen LogP contribution < -0.4 is 5.32 Å². The Labute approximate surface area is 103 Å². The first kappa shape index (κ1) is 13.6. The summed E-state index contributed by atoms with van der Waals surface area (Å²) in [5, 5.41) is 22.7. The van der Waals surface area contributed by atoms with Crippen molar-refractivity contribution in [3.8, 4) is 0 Å². The Morgan fingerprint density at radius 3 is 3.00 bits per heavy atom. The fourth-order valence-corrected chi connectivity index (χ4v) is 1.31. The van der Waals surface area contributed by atoms with Crippen LogP contribution in [0.2, 0.25) is 5.28 Å². The third-order valence-electron chi connectivity index (χ3n) is 2.18. The van der Waals surface area contributed by atoms with E-state index in [0.29, 0.717) is 19.4 Å². The molecule has 1 atom stereocenters. The van der Waals surface area contributed by atoms with Crippen LogP contribution in [-0.2, 0) is 0 Å². The van der Waals surface area contributed by atoms with Gasteiger partial charge in [0.2, 0.25) is 11.1 Å². The van der Waals surface area contributed by atoms with Crippen LogP contribution in [0.5, 0.6) is 0 Å². The van der Waals surface area contributed by atoms with E-state index in [9.17, 15) is 15.2 Å². The number of nitrogens with zero attached hydrogens (tertiary/aromatic N) is 3. The number of halogens is 1. The smallest absolute Gasteiger partial charge is 0.329 e. The van der Waals surface area contributed by atoms with E-state index in [0.717, 1.165) is 6.20 Å². The molecule has 94 valence electrons. The molecule has 17 heavy (non-hydrogen) atoms. The highest BCUT2D eigenvalue weighted by Gasteiger charge is 2.16. The number of hydrogen-bond donors (Lipinski definition) is 2. The van der Waals surface area contributed by atoms with E-state index in [1.807, 2.05) is 6.92 Å². The van der Waals surface area contributed by atoms with E-state index in [4.69, 9.17) is 11.6 Å². The van der Waals surface area contributed by atoms with Crippen LogP contribution in [0.25, 0.3) is 0 Å². The van der Waals surface area contributed by atoms with Gasteiger partial charge in [-0.15, -0.1) is 0 Å². The summed E-state index contributed by atoms with van der Waals surface area (Å²) in [7, 11) is 0. The maximum atomic E-state index is 10.7. The van der Waals surface area contributed by atoms with Crippen LogP contribution in [0, 0.1) is 10.1 Å². The molecule has 1 heterocycles. The first-order valence-electron chi connectivity index (χ1n) is 5.13. The van der Waals surface area contributed by atoms with Gasteiger partial charge < -0.3 is 10.4 Å². The fraction of sp³-hybridized carbons (Fsp3) is 0.556. The number of nitro groups is 1.